The van der Waals surface area contributed by atoms with Crippen molar-refractivity contribution in [3.63, 3.8) is 0 Å². The van der Waals surface area contributed by atoms with Crippen LogP contribution >= 0.6 is 11.8 Å². The Hall–Kier alpha value is -3.05. The number of aromatic hydroxyl groups is 1. The highest BCUT2D eigenvalue weighted by Crippen LogP contribution is 2.41. The number of phenolic OH excluding ortho intramolecular Hbond substituents is 1. The van der Waals surface area contributed by atoms with Crippen molar-refractivity contribution in [2.75, 3.05) is 0 Å². The van der Waals surface area contributed by atoms with Crippen LogP contribution in [0.15, 0.2) is 81.5 Å². The van der Waals surface area contributed by atoms with E-state index in [0.717, 1.165) is 32.3 Å². The Morgan fingerprint density at radius 3 is 2.50 bits per heavy atom. The lowest BCUT2D eigenvalue weighted by Gasteiger charge is -2.10. The minimum Gasteiger partial charge on any atom is -0.508 e. The van der Waals surface area contributed by atoms with Gasteiger partial charge in [0, 0.05) is 32.5 Å². The number of hydrogen-bond acceptors (Lipinski definition) is 4. The van der Waals surface area contributed by atoms with Crippen molar-refractivity contribution in [3.8, 4) is 5.75 Å². The molecule has 28 heavy (non-hydrogen) atoms. The standard InChI is InChI=1S/C23H20N2O2S/c1-14(2)24-23(27)16-9-12-21-19(13-16)25-22(15-7-10-17(26)11-8-15)18-5-3-4-6-20(18)28-21/h3-14,26H,1-2H3,(H,24,27). The number of amides is 1. The summed E-state index contributed by atoms with van der Waals surface area (Å²) in [5.41, 5.74) is 4.12. The van der Waals surface area contributed by atoms with Crippen molar-refractivity contribution in [3.05, 3.63) is 83.4 Å². The van der Waals surface area contributed by atoms with Gasteiger partial charge in [-0.2, -0.15) is 0 Å². The van der Waals surface area contributed by atoms with Gasteiger partial charge >= 0.3 is 0 Å². The van der Waals surface area contributed by atoms with E-state index in [2.05, 4.69) is 11.4 Å². The van der Waals surface area contributed by atoms with Gasteiger partial charge in [-0.3, -0.25) is 4.79 Å². The van der Waals surface area contributed by atoms with E-state index in [1.54, 1.807) is 23.9 Å². The van der Waals surface area contributed by atoms with E-state index < -0.39 is 0 Å². The van der Waals surface area contributed by atoms with Crippen LogP contribution < -0.4 is 5.32 Å². The number of hydrogen-bond donors (Lipinski definition) is 2. The fourth-order valence-electron chi connectivity index (χ4n) is 3.07. The molecule has 0 aromatic heterocycles. The summed E-state index contributed by atoms with van der Waals surface area (Å²) in [6.45, 7) is 3.88. The largest absolute Gasteiger partial charge is 0.508 e. The Bertz CT molecular complexity index is 1070. The number of fused-ring (bicyclic) bond motifs is 2. The zero-order valence-electron chi connectivity index (χ0n) is 15.6. The normalized spacial score (nSPS) is 12.6. The second-order valence-corrected chi connectivity index (χ2v) is 8.00. The number of carbonyl (C=O) groups is 1. The Balaban J connectivity index is 1.86. The molecule has 4 nitrogen and oxygen atoms in total. The van der Waals surface area contributed by atoms with Gasteiger partial charge in [0.1, 0.15) is 5.75 Å². The maximum Gasteiger partial charge on any atom is 0.251 e. The van der Waals surface area contributed by atoms with Gasteiger partial charge in [-0.05, 0) is 62.4 Å². The van der Waals surface area contributed by atoms with Crippen molar-refractivity contribution < 1.29 is 9.90 Å². The van der Waals surface area contributed by atoms with E-state index in [0.29, 0.717) is 5.56 Å². The van der Waals surface area contributed by atoms with Gasteiger partial charge in [0.25, 0.3) is 5.91 Å². The Kier molecular flexibility index (Phi) is 4.92. The van der Waals surface area contributed by atoms with Gasteiger partial charge in [0.2, 0.25) is 0 Å². The molecule has 0 spiro atoms. The third kappa shape index (κ3) is 3.66. The van der Waals surface area contributed by atoms with Gasteiger partial charge < -0.3 is 10.4 Å². The van der Waals surface area contributed by atoms with E-state index in [1.807, 2.05) is 62.4 Å². The number of nitrogens with one attached hydrogen (secondary N) is 1. The summed E-state index contributed by atoms with van der Waals surface area (Å²) < 4.78 is 0. The number of carbonyl (C=O) groups excluding carboxylic acids is 1. The highest BCUT2D eigenvalue weighted by Gasteiger charge is 2.20. The fourth-order valence-corrected chi connectivity index (χ4v) is 4.07. The number of benzene rings is 3. The van der Waals surface area contributed by atoms with Crippen LogP contribution in [0.1, 0.15) is 35.3 Å². The van der Waals surface area contributed by atoms with Crippen molar-refractivity contribution in [2.24, 2.45) is 4.99 Å². The second kappa shape index (κ2) is 7.52. The van der Waals surface area contributed by atoms with Gasteiger partial charge in [-0.1, -0.05) is 30.0 Å². The van der Waals surface area contributed by atoms with E-state index >= 15 is 0 Å². The molecule has 0 atom stereocenters. The molecule has 4 rings (SSSR count). The van der Waals surface area contributed by atoms with Crippen LogP contribution in [0.2, 0.25) is 0 Å². The molecule has 1 aliphatic rings. The maximum absolute atomic E-state index is 12.4. The molecule has 3 aromatic rings. The first-order valence-corrected chi connectivity index (χ1v) is 9.93. The lowest BCUT2D eigenvalue weighted by Crippen LogP contribution is -2.29. The minimum atomic E-state index is -0.106. The number of aliphatic imine (C=N–C) groups is 1. The van der Waals surface area contributed by atoms with Gasteiger partial charge in [-0.25, -0.2) is 4.99 Å². The predicted molar refractivity (Wildman–Crippen MR) is 113 cm³/mol. The van der Waals surface area contributed by atoms with Crippen LogP contribution in [0.25, 0.3) is 0 Å². The topological polar surface area (TPSA) is 61.7 Å². The van der Waals surface area contributed by atoms with Crippen LogP contribution in [0.4, 0.5) is 5.69 Å². The second-order valence-electron chi connectivity index (χ2n) is 6.92. The monoisotopic (exact) mass is 388 g/mol. The third-order valence-corrected chi connectivity index (χ3v) is 5.52. The number of nitrogens with zero attached hydrogens (tertiary/aromatic N) is 1. The van der Waals surface area contributed by atoms with Crippen molar-refractivity contribution in [1.82, 2.24) is 5.32 Å². The summed E-state index contributed by atoms with van der Waals surface area (Å²) in [5.74, 6) is 0.111. The fraction of sp³-hybridized carbons (Fsp3) is 0.130. The Labute approximate surface area is 168 Å². The average Bonchev–Trinajstić information content (AvgIpc) is 2.84. The molecule has 1 heterocycles. The molecule has 5 heteroatoms. The van der Waals surface area contributed by atoms with Crippen LogP contribution in [-0.4, -0.2) is 22.8 Å². The van der Waals surface area contributed by atoms with Crippen LogP contribution in [0, 0.1) is 0 Å². The maximum atomic E-state index is 12.4. The quantitative estimate of drug-likeness (QED) is 0.509. The predicted octanol–water partition coefficient (Wildman–Crippen LogP) is 5.16. The van der Waals surface area contributed by atoms with Gasteiger partial charge in [-0.15, -0.1) is 0 Å². The summed E-state index contributed by atoms with van der Waals surface area (Å²) in [6.07, 6.45) is 0. The lowest BCUT2D eigenvalue weighted by molar-refractivity contribution is 0.0943. The lowest BCUT2D eigenvalue weighted by atomic mass is 10.0. The molecule has 140 valence electrons. The van der Waals surface area contributed by atoms with Gasteiger partial charge in [0.05, 0.1) is 11.4 Å². The Morgan fingerprint density at radius 1 is 1.00 bits per heavy atom. The summed E-state index contributed by atoms with van der Waals surface area (Å²) >= 11 is 1.64. The molecule has 3 aromatic carbocycles. The molecule has 1 aliphatic heterocycles. The van der Waals surface area contributed by atoms with Crippen LogP contribution in [0.5, 0.6) is 5.75 Å². The first-order valence-electron chi connectivity index (χ1n) is 9.11. The van der Waals surface area contributed by atoms with Crippen molar-refractivity contribution >= 4 is 29.1 Å². The van der Waals surface area contributed by atoms with Crippen molar-refractivity contribution in [2.45, 2.75) is 29.7 Å². The van der Waals surface area contributed by atoms with Gasteiger partial charge in [0.15, 0.2) is 0 Å². The van der Waals surface area contributed by atoms with E-state index in [1.165, 1.54) is 0 Å². The SMILES string of the molecule is CC(C)NC(=O)c1ccc2c(c1)N=C(c1ccc(O)cc1)c1ccccc1S2. The molecule has 0 fully saturated rings. The molecular weight excluding hydrogens is 368 g/mol. The highest BCUT2D eigenvalue weighted by molar-refractivity contribution is 7.99. The van der Waals surface area contributed by atoms with Crippen LogP contribution in [0.3, 0.4) is 0 Å². The number of rotatable bonds is 3. The summed E-state index contributed by atoms with van der Waals surface area (Å²) in [6, 6.07) is 20.9. The number of phenols is 1. The zero-order chi connectivity index (χ0) is 19.7. The first-order chi connectivity index (χ1) is 13.5. The molecule has 1 amide bonds. The molecule has 0 saturated heterocycles. The summed E-state index contributed by atoms with van der Waals surface area (Å²) in [5, 5.41) is 12.6. The Morgan fingerprint density at radius 2 is 1.75 bits per heavy atom. The highest BCUT2D eigenvalue weighted by atomic mass is 32.2. The minimum absolute atomic E-state index is 0.0704. The zero-order valence-corrected chi connectivity index (χ0v) is 16.5. The third-order valence-electron chi connectivity index (χ3n) is 4.38. The molecular formula is C23H20N2O2S. The van der Waals surface area contributed by atoms with E-state index in [9.17, 15) is 9.90 Å². The van der Waals surface area contributed by atoms with E-state index in [4.69, 9.17) is 4.99 Å². The molecule has 2 N–H and O–H groups in total. The molecule has 0 radical (unpaired) electrons. The molecule has 0 aliphatic carbocycles. The molecule has 0 saturated carbocycles. The average molecular weight is 388 g/mol. The van der Waals surface area contributed by atoms with E-state index in [-0.39, 0.29) is 17.7 Å². The molecule has 0 unspecified atom stereocenters. The first kappa shape index (κ1) is 18.3. The molecule has 0 bridgehead atoms. The summed E-state index contributed by atoms with van der Waals surface area (Å²) in [4.78, 5) is 19.5. The smallest absolute Gasteiger partial charge is 0.251 e. The summed E-state index contributed by atoms with van der Waals surface area (Å²) in [7, 11) is 0. The van der Waals surface area contributed by atoms with Crippen LogP contribution in [-0.2, 0) is 0 Å². The van der Waals surface area contributed by atoms with Crippen molar-refractivity contribution in [1.29, 1.82) is 0 Å².